The zero-order valence-electron chi connectivity index (χ0n) is 10.2. The smallest absolute Gasteiger partial charge is 0.240 e. The van der Waals surface area contributed by atoms with Gasteiger partial charge in [0.25, 0.3) is 0 Å². The van der Waals surface area contributed by atoms with Crippen molar-refractivity contribution in [3.05, 3.63) is 0 Å². The van der Waals surface area contributed by atoms with Gasteiger partial charge < -0.3 is 11.1 Å². The second-order valence-corrected chi connectivity index (χ2v) is 6.33. The number of nitrogens with two attached hydrogens (primary N) is 1. The zero-order chi connectivity index (χ0) is 12.8. The van der Waals surface area contributed by atoms with Crippen LogP contribution in [0.1, 0.15) is 33.6 Å². The monoisotopic (exact) mass is 250 g/mol. The first-order valence-corrected chi connectivity index (χ1v) is 7.41. The molecule has 0 unspecified atom stereocenters. The average Bonchev–Trinajstić information content (AvgIpc) is 2.27. The molecule has 0 rings (SSSR count). The summed E-state index contributed by atoms with van der Waals surface area (Å²) in [5.41, 5.74) is 4.98. The fourth-order valence-electron chi connectivity index (χ4n) is 1.21. The van der Waals surface area contributed by atoms with Gasteiger partial charge >= 0.3 is 0 Å². The molecule has 0 aromatic rings. The van der Waals surface area contributed by atoms with Crippen LogP contribution in [0.3, 0.4) is 0 Å². The number of carbonyl (C=O) groups excluding carboxylic acids is 1. The molecule has 0 spiro atoms. The van der Waals surface area contributed by atoms with Crippen LogP contribution in [0, 0.1) is 0 Å². The van der Waals surface area contributed by atoms with E-state index < -0.39 is 15.4 Å². The van der Waals surface area contributed by atoms with E-state index >= 15 is 0 Å². The summed E-state index contributed by atoms with van der Waals surface area (Å²) in [5.74, 6) is -0.208. The molecule has 0 radical (unpaired) electrons. The molecule has 96 valence electrons. The first kappa shape index (κ1) is 15.4. The Balaban J connectivity index is 4.19. The van der Waals surface area contributed by atoms with Crippen LogP contribution in [0.2, 0.25) is 0 Å². The predicted molar refractivity (Wildman–Crippen MR) is 64.8 cm³/mol. The molecule has 0 aliphatic rings. The molecule has 3 N–H and O–H groups in total. The third-order valence-corrected chi connectivity index (χ3v) is 4.56. The normalized spacial score (nSPS) is 12.5. The molecule has 0 atom stereocenters. The maximum atomic E-state index is 11.7. The second-order valence-electron chi connectivity index (χ2n) is 3.86. The lowest BCUT2D eigenvalue weighted by Gasteiger charge is -2.25. The van der Waals surface area contributed by atoms with Crippen molar-refractivity contribution in [2.45, 2.75) is 39.2 Å². The van der Waals surface area contributed by atoms with E-state index in [0.29, 0.717) is 12.8 Å². The van der Waals surface area contributed by atoms with Crippen LogP contribution in [-0.2, 0) is 14.6 Å². The van der Waals surface area contributed by atoms with Crippen LogP contribution in [0.15, 0.2) is 0 Å². The highest BCUT2D eigenvalue weighted by Crippen LogP contribution is 2.10. The minimum atomic E-state index is -3.03. The number of carbonyl (C=O) groups is 1. The fraction of sp³-hybridized carbons (Fsp3) is 0.900. The highest BCUT2D eigenvalue weighted by Gasteiger charge is 2.29. The van der Waals surface area contributed by atoms with Gasteiger partial charge in [0.05, 0.1) is 11.3 Å². The van der Waals surface area contributed by atoms with Crippen molar-refractivity contribution in [1.82, 2.24) is 5.32 Å². The first-order valence-electron chi connectivity index (χ1n) is 5.59. The summed E-state index contributed by atoms with van der Waals surface area (Å²) in [6.07, 6.45) is 1.08. The maximum Gasteiger partial charge on any atom is 0.240 e. The Morgan fingerprint density at radius 1 is 1.25 bits per heavy atom. The molecule has 5 nitrogen and oxygen atoms in total. The summed E-state index contributed by atoms with van der Waals surface area (Å²) in [4.78, 5) is 11.7. The lowest BCUT2D eigenvalue weighted by Crippen LogP contribution is -2.53. The minimum Gasteiger partial charge on any atom is -0.353 e. The van der Waals surface area contributed by atoms with Crippen molar-refractivity contribution in [3.8, 4) is 0 Å². The zero-order valence-corrected chi connectivity index (χ0v) is 11.1. The number of rotatable bonds is 7. The van der Waals surface area contributed by atoms with Gasteiger partial charge in [-0.25, -0.2) is 8.42 Å². The summed E-state index contributed by atoms with van der Waals surface area (Å²) >= 11 is 0. The standard InChI is InChI=1S/C10H22N2O3S/c1-4-10(11,5-2)9(13)12-7-8-16(14,15)6-3/h4-8,11H2,1-3H3,(H,12,13). The fourth-order valence-corrected chi connectivity index (χ4v) is 1.91. The van der Waals surface area contributed by atoms with Gasteiger partial charge in [0.15, 0.2) is 9.84 Å². The molecule has 0 heterocycles. The predicted octanol–water partition coefficient (Wildman–Crippen LogP) is 0.0548. The van der Waals surface area contributed by atoms with Gasteiger partial charge in [-0.15, -0.1) is 0 Å². The van der Waals surface area contributed by atoms with Gasteiger partial charge in [-0.1, -0.05) is 20.8 Å². The number of hydrogen-bond donors (Lipinski definition) is 2. The molecule has 0 bridgehead atoms. The van der Waals surface area contributed by atoms with E-state index in [1.54, 1.807) is 6.92 Å². The SMILES string of the molecule is CCC(N)(CC)C(=O)NCCS(=O)(=O)CC. The Morgan fingerprint density at radius 3 is 2.12 bits per heavy atom. The van der Waals surface area contributed by atoms with E-state index in [1.165, 1.54) is 0 Å². The Hall–Kier alpha value is -0.620. The first-order chi connectivity index (χ1) is 7.31. The summed E-state index contributed by atoms with van der Waals surface area (Å²) < 4.78 is 22.4. The number of nitrogens with one attached hydrogen (secondary N) is 1. The van der Waals surface area contributed by atoms with Gasteiger partial charge in [0.1, 0.15) is 0 Å². The second kappa shape index (κ2) is 6.20. The molecule has 0 aliphatic carbocycles. The van der Waals surface area contributed by atoms with E-state index in [2.05, 4.69) is 5.32 Å². The van der Waals surface area contributed by atoms with Crippen LogP contribution in [-0.4, -0.2) is 37.9 Å². The largest absolute Gasteiger partial charge is 0.353 e. The number of amides is 1. The van der Waals surface area contributed by atoms with Crippen molar-refractivity contribution in [3.63, 3.8) is 0 Å². The molecule has 1 amide bonds. The summed E-state index contributed by atoms with van der Waals surface area (Å²) in [7, 11) is -3.03. The van der Waals surface area contributed by atoms with Gasteiger partial charge in [0.2, 0.25) is 5.91 Å². The van der Waals surface area contributed by atoms with Gasteiger partial charge in [-0.2, -0.15) is 0 Å². The van der Waals surface area contributed by atoms with Gasteiger partial charge in [-0.3, -0.25) is 4.79 Å². The van der Waals surface area contributed by atoms with Gasteiger partial charge in [-0.05, 0) is 12.8 Å². The van der Waals surface area contributed by atoms with Crippen molar-refractivity contribution >= 4 is 15.7 Å². The maximum absolute atomic E-state index is 11.7. The minimum absolute atomic E-state index is 0.0290. The molecular formula is C10H22N2O3S. The molecule has 6 heteroatoms. The highest BCUT2D eigenvalue weighted by atomic mass is 32.2. The highest BCUT2D eigenvalue weighted by molar-refractivity contribution is 7.91. The quantitative estimate of drug-likeness (QED) is 0.668. The molecule has 16 heavy (non-hydrogen) atoms. The summed E-state index contributed by atoms with van der Waals surface area (Å²) in [6.45, 7) is 5.40. The van der Waals surface area contributed by atoms with E-state index in [4.69, 9.17) is 5.73 Å². The van der Waals surface area contributed by atoms with Crippen LogP contribution in [0.25, 0.3) is 0 Å². The third kappa shape index (κ3) is 4.49. The molecular weight excluding hydrogens is 228 g/mol. The van der Waals surface area contributed by atoms with Crippen molar-refractivity contribution in [2.75, 3.05) is 18.1 Å². The molecule has 0 saturated carbocycles. The molecule has 0 aromatic heterocycles. The molecule has 0 aliphatic heterocycles. The summed E-state index contributed by atoms with van der Waals surface area (Å²) in [5, 5.41) is 2.57. The van der Waals surface area contributed by atoms with Crippen molar-refractivity contribution in [1.29, 1.82) is 0 Å². The molecule has 0 aromatic carbocycles. The average molecular weight is 250 g/mol. The van der Waals surface area contributed by atoms with E-state index in [0.717, 1.165) is 0 Å². The van der Waals surface area contributed by atoms with Crippen molar-refractivity contribution < 1.29 is 13.2 Å². The Morgan fingerprint density at radius 2 is 1.75 bits per heavy atom. The Kier molecular flexibility index (Phi) is 5.96. The van der Waals surface area contributed by atoms with Gasteiger partial charge in [0, 0.05) is 12.3 Å². The Labute approximate surface area is 97.7 Å². The van der Waals surface area contributed by atoms with E-state index in [9.17, 15) is 13.2 Å². The molecule has 0 saturated heterocycles. The van der Waals surface area contributed by atoms with E-state index in [-0.39, 0.29) is 24.0 Å². The molecule has 0 fully saturated rings. The topological polar surface area (TPSA) is 89.3 Å². The lowest BCUT2D eigenvalue weighted by molar-refractivity contribution is -0.126. The van der Waals surface area contributed by atoms with Crippen LogP contribution >= 0.6 is 0 Å². The number of sulfone groups is 1. The third-order valence-electron chi connectivity index (χ3n) is 2.85. The van der Waals surface area contributed by atoms with Crippen LogP contribution in [0.5, 0.6) is 0 Å². The van der Waals surface area contributed by atoms with Crippen LogP contribution < -0.4 is 11.1 Å². The lowest BCUT2D eigenvalue weighted by atomic mass is 9.93. The van der Waals surface area contributed by atoms with Crippen molar-refractivity contribution in [2.24, 2.45) is 5.73 Å². The van der Waals surface area contributed by atoms with Crippen LogP contribution in [0.4, 0.5) is 0 Å². The number of hydrogen-bond acceptors (Lipinski definition) is 4. The summed E-state index contributed by atoms with van der Waals surface area (Å²) in [6, 6.07) is 0. The Bertz CT molecular complexity index is 321. The van der Waals surface area contributed by atoms with E-state index in [1.807, 2.05) is 13.8 Å².